The Morgan fingerprint density at radius 1 is 1.06 bits per heavy atom. The van der Waals surface area contributed by atoms with E-state index in [4.69, 9.17) is 16.3 Å². The molecular weight excluding hydrogens is 234 g/mol. The molecule has 0 radical (unpaired) electrons. The molecule has 0 amide bonds. The van der Waals surface area contributed by atoms with Gasteiger partial charge >= 0.3 is 0 Å². The monoisotopic (exact) mass is 247 g/mol. The second-order valence-electron chi connectivity index (χ2n) is 3.87. The standard InChI is InChI=1S/C14H14ClNO/c1-10(17-2)11-3-5-12(6-4-11)13-7-8-14(15)16-9-13/h3-10H,1-2H3. The van der Waals surface area contributed by atoms with Crippen molar-refractivity contribution in [2.24, 2.45) is 0 Å². The highest BCUT2D eigenvalue weighted by Gasteiger charge is 2.04. The molecule has 0 saturated heterocycles. The lowest BCUT2D eigenvalue weighted by Crippen LogP contribution is -1.94. The van der Waals surface area contributed by atoms with Gasteiger partial charge in [0.2, 0.25) is 0 Å². The smallest absolute Gasteiger partial charge is 0.129 e. The van der Waals surface area contributed by atoms with Gasteiger partial charge in [0.1, 0.15) is 5.15 Å². The van der Waals surface area contributed by atoms with Gasteiger partial charge < -0.3 is 4.74 Å². The van der Waals surface area contributed by atoms with E-state index in [2.05, 4.69) is 29.2 Å². The molecule has 1 heterocycles. The van der Waals surface area contributed by atoms with Crippen LogP contribution in [0.2, 0.25) is 5.15 Å². The zero-order chi connectivity index (χ0) is 12.3. The van der Waals surface area contributed by atoms with Gasteiger partial charge in [0.25, 0.3) is 0 Å². The predicted octanol–water partition coefficient (Wildman–Crippen LogP) is 4.11. The van der Waals surface area contributed by atoms with Crippen LogP contribution < -0.4 is 0 Å². The second-order valence-corrected chi connectivity index (χ2v) is 4.26. The maximum atomic E-state index is 5.76. The molecule has 2 nitrogen and oxygen atoms in total. The van der Waals surface area contributed by atoms with Gasteiger partial charge in [-0.2, -0.15) is 0 Å². The summed E-state index contributed by atoms with van der Waals surface area (Å²) in [5, 5.41) is 0.512. The molecule has 0 bridgehead atoms. The summed E-state index contributed by atoms with van der Waals surface area (Å²) in [4.78, 5) is 4.07. The van der Waals surface area contributed by atoms with Crippen molar-refractivity contribution < 1.29 is 4.74 Å². The van der Waals surface area contributed by atoms with Gasteiger partial charge in [-0.15, -0.1) is 0 Å². The van der Waals surface area contributed by atoms with E-state index in [9.17, 15) is 0 Å². The number of aromatic nitrogens is 1. The van der Waals surface area contributed by atoms with Crippen LogP contribution in [0, 0.1) is 0 Å². The number of nitrogens with zero attached hydrogens (tertiary/aromatic N) is 1. The van der Waals surface area contributed by atoms with Gasteiger partial charge in [-0.05, 0) is 30.2 Å². The molecule has 0 fully saturated rings. The molecule has 1 aromatic carbocycles. The summed E-state index contributed by atoms with van der Waals surface area (Å²) in [5.41, 5.74) is 3.35. The zero-order valence-corrected chi connectivity index (χ0v) is 10.6. The van der Waals surface area contributed by atoms with E-state index in [1.165, 1.54) is 0 Å². The lowest BCUT2D eigenvalue weighted by atomic mass is 10.0. The van der Waals surface area contributed by atoms with Crippen molar-refractivity contribution in [3.8, 4) is 11.1 Å². The Hall–Kier alpha value is -1.38. The molecule has 1 aromatic heterocycles. The maximum absolute atomic E-state index is 5.76. The van der Waals surface area contributed by atoms with E-state index in [1.54, 1.807) is 19.4 Å². The number of halogens is 1. The van der Waals surface area contributed by atoms with Crippen molar-refractivity contribution in [2.45, 2.75) is 13.0 Å². The lowest BCUT2D eigenvalue weighted by Gasteiger charge is -2.10. The molecule has 1 unspecified atom stereocenters. The first-order valence-electron chi connectivity index (χ1n) is 5.45. The Balaban J connectivity index is 2.26. The number of rotatable bonds is 3. The minimum atomic E-state index is 0.118. The minimum Gasteiger partial charge on any atom is -0.377 e. The first kappa shape index (κ1) is 12.1. The van der Waals surface area contributed by atoms with Gasteiger partial charge in [-0.3, -0.25) is 0 Å². The van der Waals surface area contributed by atoms with Crippen molar-refractivity contribution in [2.75, 3.05) is 7.11 Å². The highest BCUT2D eigenvalue weighted by atomic mass is 35.5. The summed E-state index contributed by atoms with van der Waals surface area (Å²) < 4.78 is 5.27. The van der Waals surface area contributed by atoms with Crippen molar-refractivity contribution in [3.63, 3.8) is 0 Å². The third-order valence-electron chi connectivity index (χ3n) is 2.79. The summed E-state index contributed by atoms with van der Waals surface area (Å²) >= 11 is 5.76. The highest BCUT2D eigenvalue weighted by molar-refractivity contribution is 6.29. The van der Waals surface area contributed by atoms with Gasteiger partial charge in [0.05, 0.1) is 6.10 Å². The molecule has 3 heteroatoms. The van der Waals surface area contributed by atoms with E-state index in [0.717, 1.165) is 16.7 Å². The second kappa shape index (κ2) is 5.30. The van der Waals surface area contributed by atoms with E-state index in [1.807, 2.05) is 13.0 Å². The number of methoxy groups -OCH3 is 1. The van der Waals surface area contributed by atoms with Crippen LogP contribution in [0.5, 0.6) is 0 Å². The van der Waals surface area contributed by atoms with Crippen molar-refractivity contribution in [1.82, 2.24) is 4.98 Å². The summed E-state index contributed by atoms with van der Waals surface area (Å²) in [6, 6.07) is 12.0. The molecule has 2 aromatic rings. The Kier molecular flexibility index (Phi) is 3.77. The Labute approximate surface area is 106 Å². The normalized spacial score (nSPS) is 12.4. The molecule has 88 valence electrons. The van der Waals surface area contributed by atoms with Crippen LogP contribution >= 0.6 is 11.6 Å². The van der Waals surface area contributed by atoms with Crippen LogP contribution in [-0.2, 0) is 4.74 Å². The van der Waals surface area contributed by atoms with Crippen LogP contribution in [0.1, 0.15) is 18.6 Å². The van der Waals surface area contributed by atoms with Gasteiger partial charge in [0, 0.05) is 18.9 Å². The fourth-order valence-electron chi connectivity index (χ4n) is 1.63. The molecule has 2 rings (SSSR count). The molecule has 0 aliphatic heterocycles. The largest absolute Gasteiger partial charge is 0.377 e. The minimum absolute atomic E-state index is 0.118. The van der Waals surface area contributed by atoms with Crippen molar-refractivity contribution in [1.29, 1.82) is 0 Å². The SMILES string of the molecule is COC(C)c1ccc(-c2ccc(Cl)nc2)cc1. The molecule has 0 aliphatic carbocycles. The van der Waals surface area contributed by atoms with Crippen LogP contribution in [0.15, 0.2) is 42.6 Å². The molecule has 17 heavy (non-hydrogen) atoms. The molecular formula is C14H14ClNO. The first-order valence-corrected chi connectivity index (χ1v) is 5.83. The maximum Gasteiger partial charge on any atom is 0.129 e. The number of benzene rings is 1. The topological polar surface area (TPSA) is 22.1 Å². The first-order chi connectivity index (χ1) is 8.20. The quantitative estimate of drug-likeness (QED) is 0.762. The number of hydrogen-bond acceptors (Lipinski definition) is 2. The Bertz CT molecular complexity index is 479. The van der Waals surface area contributed by atoms with Gasteiger partial charge in [0.15, 0.2) is 0 Å². The molecule has 1 atom stereocenters. The van der Waals surface area contributed by atoms with Crippen molar-refractivity contribution in [3.05, 3.63) is 53.3 Å². The highest BCUT2D eigenvalue weighted by Crippen LogP contribution is 2.23. The summed E-state index contributed by atoms with van der Waals surface area (Å²) in [5.74, 6) is 0. The van der Waals surface area contributed by atoms with Crippen LogP contribution in [0.4, 0.5) is 0 Å². The fraction of sp³-hybridized carbons (Fsp3) is 0.214. The number of pyridine rings is 1. The molecule has 0 saturated carbocycles. The average Bonchev–Trinajstić information content (AvgIpc) is 2.39. The van der Waals surface area contributed by atoms with E-state index >= 15 is 0 Å². The summed E-state index contributed by atoms with van der Waals surface area (Å²) in [7, 11) is 1.71. The van der Waals surface area contributed by atoms with Crippen LogP contribution in [0.3, 0.4) is 0 Å². The summed E-state index contributed by atoms with van der Waals surface area (Å²) in [6.45, 7) is 2.03. The molecule has 0 spiro atoms. The average molecular weight is 248 g/mol. The third-order valence-corrected chi connectivity index (χ3v) is 3.02. The lowest BCUT2D eigenvalue weighted by molar-refractivity contribution is 0.119. The molecule has 0 N–H and O–H groups in total. The predicted molar refractivity (Wildman–Crippen MR) is 70.1 cm³/mol. The Morgan fingerprint density at radius 3 is 2.24 bits per heavy atom. The number of hydrogen-bond donors (Lipinski definition) is 0. The van der Waals surface area contributed by atoms with E-state index in [0.29, 0.717) is 5.15 Å². The third kappa shape index (κ3) is 2.84. The van der Waals surface area contributed by atoms with Crippen LogP contribution in [-0.4, -0.2) is 12.1 Å². The van der Waals surface area contributed by atoms with E-state index < -0.39 is 0 Å². The zero-order valence-electron chi connectivity index (χ0n) is 9.85. The van der Waals surface area contributed by atoms with Crippen molar-refractivity contribution >= 4 is 11.6 Å². The fourth-order valence-corrected chi connectivity index (χ4v) is 1.74. The van der Waals surface area contributed by atoms with Gasteiger partial charge in [-0.1, -0.05) is 35.9 Å². The van der Waals surface area contributed by atoms with Gasteiger partial charge in [-0.25, -0.2) is 4.98 Å². The van der Waals surface area contributed by atoms with E-state index in [-0.39, 0.29) is 6.10 Å². The number of ether oxygens (including phenoxy) is 1. The molecule has 0 aliphatic rings. The Morgan fingerprint density at radius 2 is 1.71 bits per heavy atom. The van der Waals surface area contributed by atoms with Crippen LogP contribution in [0.25, 0.3) is 11.1 Å². The summed E-state index contributed by atoms with van der Waals surface area (Å²) in [6.07, 6.45) is 1.89.